The first-order valence-corrected chi connectivity index (χ1v) is 8.69. The van der Waals surface area contributed by atoms with E-state index in [1.165, 1.54) is 16.7 Å². The number of nitrogens with one attached hydrogen (secondary N) is 1. The molecule has 0 fully saturated rings. The van der Waals surface area contributed by atoms with Crippen molar-refractivity contribution in [3.05, 3.63) is 47.6 Å². The molecule has 0 saturated carbocycles. The minimum absolute atomic E-state index is 0.299. The van der Waals surface area contributed by atoms with Gasteiger partial charge in [0.2, 0.25) is 0 Å². The van der Waals surface area contributed by atoms with Crippen LogP contribution in [0.1, 0.15) is 67.2 Å². The highest BCUT2D eigenvalue weighted by atomic mass is 16.5. The van der Waals surface area contributed by atoms with Gasteiger partial charge in [0.1, 0.15) is 6.61 Å². The summed E-state index contributed by atoms with van der Waals surface area (Å²) < 4.78 is 5.26. The van der Waals surface area contributed by atoms with Crippen LogP contribution in [0.15, 0.2) is 47.6 Å². The molecular formula is C21H35NO2. The van der Waals surface area contributed by atoms with E-state index >= 15 is 0 Å². The fourth-order valence-electron chi connectivity index (χ4n) is 2.10. The Labute approximate surface area is 148 Å². The van der Waals surface area contributed by atoms with Crippen LogP contribution in [0.3, 0.4) is 0 Å². The van der Waals surface area contributed by atoms with Crippen LogP contribution < -0.4 is 5.32 Å². The summed E-state index contributed by atoms with van der Waals surface area (Å²) in [4.78, 5) is 12.0. The van der Waals surface area contributed by atoms with Crippen molar-refractivity contribution >= 4 is 6.09 Å². The van der Waals surface area contributed by atoms with Crippen LogP contribution in [0.4, 0.5) is 4.79 Å². The second-order valence-corrected chi connectivity index (χ2v) is 7.04. The first kappa shape index (κ1) is 22.2. The van der Waals surface area contributed by atoms with Crippen molar-refractivity contribution in [3.8, 4) is 0 Å². The number of allylic oxidation sites excluding steroid dienone is 5. The molecule has 3 nitrogen and oxygen atoms in total. The molecule has 0 aliphatic rings. The van der Waals surface area contributed by atoms with Gasteiger partial charge in [0, 0.05) is 0 Å². The van der Waals surface area contributed by atoms with Gasteiger partial charge in [0.25, 0.3) is 0 Å². The average Bonchev–Trinajstić information content (AvgIpc) is 2.46. The van der Waals surface area contributed by atoms with E-state index in [0.29, 0.717) is 6.61 Å². The highest BCUT2D eigenvalue weighted by molar-refractivity contribution is 5.68. The molecule has 0 bridgehead atoms. The van der Waals surface area contributed by atoms with Crippen LogP contribution in [0.5, 0.6) is 0 Å². The number of hydrogen-bond acceptors (Lipinski definition) is 2. The Morgan fingerprint density at radius 2 is 1.62 bits per heavy atom. The Balaban J connectivity index is 4.28. The lowest BCUT2D eigenvalue weighted by Gasteiger charge is -2.26. The lowest BCUT2D eigenvalue weighted by Crippen LogP contribution is -2.44. The highest BCUT2D eigenvalue weighted by Gasteiger charge is 2.22. The predicted molar refractivity (Wildman–Crippen MR) is 104 cm³/mol. The number of rotatable bonds is 10. The Hall–Kier alpha value is -1.77. The number of amides is 1. The molecule has 24 heavy (non-hydrogen) atoms. The van der Waals surface area contributed by atoms with Crippen molar-refractivity contribution in [2.24, 2.45) is 0 Å². The van der Waals surface area contributed by atoms with Crippen LogP contribution in [0.25, 0.3) is 0 Å². The molecule has 0 spiro atoms. The van der Waals surface area contributed by atoms with Gasteiger partial charge >= 0.3 is 6.09 Å². The van der Waals surface area contributed by atoms with Crippen molar-refractivity contribution in [2.75, 3.05) is 6.61 Å². The van der Waals surface area contributed by atoms with Gasteiger partial charge in [0.15, 0.2) is 0 Å². The van der Waals surface area contributed by atoms with E-state index in [1.807, 2.05) is 13.0 Å². The quantitative estimate of drug-likeness (QED) is 0.491. The third kappa shape index (κ3) is 11.8. The molecule has 1 atom stereocenters. The van der Waals surface area contributed by atoms with E-state index in [4.69, 9.17) is 4.74 Å². The van der Waals surface area contributed by atoms with Gasteiger partial charge in [-0.05, 0) is 73.3 Å². The fourth-order valence-corrected chi connectivity index (χ4v) is 2.10. The molecule has 0 rings (SSSR count). The third-order valence-electron chi connectivity index (χ3n) is 3.79. The van der Waals surface area contributed by atoms with E-state index in [0.717, 1.165) is 25.7 Å². The molecule has 1 N–H and O–H groups in total. The molecule has 0 aliphatic heterocycles. The number of ether oxygens (including phenoxy) is 1. The summed E-state index contributed by atoms with van der Waals surface area (Å²) in [5.74, 6) is 0. The third-order valence-corrected chi connectivity index (χ3v) is 3.79. The Kier molecular flexibility index (Phi) is 10.9. The maximum Gasteiger partial charge on any atom is 0.408 e. The van der Waals surface area contributed by atoms with E-state index in [9.17, 15) is 4.79 Å². The zero-order valence-electron chi connectivity index (χ0n) is 16.4. The normalized spacial score (nSPS) is 13.5. The van der Waals surface area contributed by atoms with Crippen LogP contribution in [0.2, 0.25) is 0 Å². The van der Waals surface area contributed by atoms with Crippen molar-refractivity contribution in [1.29, 1.82) is 0 Å². The monoisotopic (exact) mass is 333 g/mol. The molecule has 0 heterocycles. The summed E-state index contributed by atoms with van der Waals surface area (Å²) in [6.45, 7) is 16.5. The summed E-state index contributed by atoms with van der Waals surface area (Å²) in [6.07, 6.45) is 11.4. The Morgan fingerprint density at radius 3 is 2.17 bits per heavy atom. The molecule has 0 aromatic rings. The maximum atomic E-state index is 12.0. The second kappa shape index (κ2) is 11.7. The smallest absolute Gasteiger partial charge is 0.408 e. The zero-order valence-corrected chi connectivity index (χ0v) is 16.4. The molecule has 0 saturated heterocycles. The van der Waals surface area contributed by atoms with Gasteiger partial charge in [-0.25, -0.2) is 4.79 Å². The van der Waals surface area contributed by atoms with E-state index < -0.39 is 11.6 Å². The van der Waals surface area contributed by atoms with Gasteiger partial charge < -0.3 is 10.1 Å². The first-order valence-electron chi connectivity index (χ1n) is 8.69. The van der Waals surface area contributed by atoms with Gasteiger partial charge in [-0.3, -0.25) is 0 Å². The number of carbonyl (C=O) groups excluding carboxylic acids is 1. The molecular weight excluding hydrogens is 298 g/mol. The zero-order chi connectivity index (χ0) is 18.6. The van der Waals surface area contributed by atoms with Gasteiger partial charge in [-0.15, -0.1) is 6.58 Å². The summed E-state index contributed by atoms with van der Waals surface area (Å²) in [5, 5.41) is 2.90. The van der Waals surface area contributed by atoms with Crippen LogP contribution in [-0.4, -0.2) is 18.2 Å². The Bertz CT molecular complexity index is 492. The first-order chi connectivity index (χ1) is 11.2. The molecule has 1 amide bonds. The van der Waals surface area contributed by atoms with Crippen LogP contribution in [-0.2, 0) is 4.74 Å². The van der Waals surface area contributed by atoms with Crippen LogP contribution >= 0.6 is 0 Å². The fraction of sp³-hybridized carbons (Fsp3) is 0.571. The Morgan fingerprint density at radius 1 is 1.04 bits per heavy atom. The molecule has 0 aromatic heterocycles. The van der Waals surface area contributed by atoms with E-state index in [-0.39, 0.29) is 0 Å². The summed E-state index contributed by atoms with van der Waals surface area (Å²) >= 11 is 0. The maximum absolute atomic E-state index is 12.0. The molecule has 0 radical (unpaired) electrons. The number of hydrogen-bond donors (Lipinski definition) is 1. The molecule has 0 aliphatic carbocycles. The number of carbonyl (C=O) groups is 1. The topological polar surface area (TPSA) is 38.3 Å². The molecule has 136 valence electrons. The molecule has 1 unspecified atom stereocenters. The summed E-state index contributed by atoms with van der Waals surface area (Å²) in [7, 11) is 0. The predicted octanol–water partition coefficient (Wildman–Crippen LogP) is 6.10. The van der Waals surface area contributed by atoms with Crippen LogP contribution in [0, 0.1) is 0 Å². The van der Waals surface area contributed by atoms with E-state index in [2.05, 4.69) is 58.7 Å². The summed E-state index contributed by atoms with van der Waals surface area (Å²) in [5.41, 5.74) is 3.38. The van der Waals surface area contributed by atoms with E-state index in [1.54, 1.807) is 6.08 Å². The SMILES string of the molecule is C=CC(C)(CCC=C(C)C)NC(=O)OC/C=C(\C)CCC=C(C)C. The highest BCUT2D eigenvalue weighted by Crippen LogP contribution is 2.15. The standard InChI is InChI=1S/C21H35NO2/c1-8-21(7,15-10-12-18(4)5)22-20(23)24-16-14-19(6)13-9-11-17(2)3/h8,11-12,14H,1,9-10,13,15-16H2,2-7H3,(H,22,23)/b19-14+. The minimum atomic E-state index is -0.453. The van der Waals surface area contributed by atoms with Crippen molar-refractivity contribution in [1.82, 2.24) is 5.32 Å². The lowest BCUT2D eigenvalue weighted by atomic mass is 9.95. The van der Waals surface area contributed by atoms with Crippen molar-refractivity contribution in [2.45, 2.75) is 72.8 Å². The minimum Gasteiger partial charge on any atom is -0.445 e. The second-order valence-electron chi connectivity index (χ2n) is 7.04. The summed E-state index contributed by atoms with van der Waals surface area (Å²) in [6, 6.07) is 0. The van der Waals surface area contributed by atoms with Gasteiger partial charge in [-0.2, -0.15) is 0 Å². The lowest BCUT2D eigenvalue weighted by molar-refractivity contribution is 0.149. The van der Waals surface area contributed by atoms with Gasteiger partial charge in [0.05, 0.1) is 5.54 Å². The number of alkyl carbamates (subject to hydrolysis) is 1. The van der Waals surface area contributed by atoms with Crippen molar-refractivity contribution < 1.29 is 9.53 Å². The average molecular weight is 334 g/mol. The largest absolute Gasteiger partial charge is 0.445 e. The van der Waals surface area contributed by atoms with Gasteiger partial charge in [-0.1, -0.05) is 34.9 Å². The molecule has 0 aromatic carbocycles. The van der Waals surface area contributed by atoms with Crippen molar-refractivity contribution in [3.63, 3.8) is 0 Å². The molecule has 3 heteroatoms.